The highest BCUT2D eigenvalue weighted by Gasteiger charge is 2.31. The second-order valence-electron chi connectivity index (χ2n) is 9.50. The molecule has 0 aromatic heterocycles. The van der Waals surface area contributed by atoms with Crippen molar-refractivity contribution >= 4 is 12.0 Å². The van der Waals surface area contributed by atoms with Crippen LogP contribution >= 0.6 is 0 Å². The molecule has 0 aliphatic carbocycles. The summed E-state index contributed by atoms with van der Waals surface area (Å²) in [6.45, 7) is 9.36. The maximum Gasteiger partial charge on any atom is 0.410 e. The summed E-state index contributed by atoms with van der Waals surface area (Å²) in [5, 5.41) is 6.75. The molecule has 0 radical (unpaired) electrons. The summed E-state index contributed by atoms with van der Waals surface area (Å²) >= 11 is 0. The van der Waals surface area contributed by atoms with E-state index in [9.17, 15) is 9.59 Å². The van der Waals surface area contributed by atoms with Crippen LogP contribution in [-0.4, -0.2) is 61.3 Å². The van der Waals surface area contributed by atoms with Crippen LogP contribution in [0, 0.1) is 5.92 Å². The van der Waals surface area contributed by atoms with Crippen molar-refractivity contribution in [3.63, 3.8) is 0 Å². The van der Waals surface area contributed by atoms with Crippen LogP contribution in [0.1, 0.15) is 52.0 Å². The predicted octanol–water partition coefficient (Wildman–Crippen LogP) is 3.12. The molecule has 1 saturated heterocycles. The summed E-state index contributed by atoms with van der Waals surface area (Å²) in [6.07, 6.45) is 3.60. The Morgan fingerprint density at radius 3 is 2.61 bits per heavy atom. The van der Waals surface area contributed by atoms with E-state index < -0.39 is 5.60 Å². The second kappa shape index (κ2) is 10.8. The molecule has 2 aliphatic heterocycles. The van der Waals surface area contributed by atoms with Crippen LogP contribution in [0.5, 0.6) is 5.75 Å². The van der Waals surface area contributed by atoms with Gasteiger partial charge >= 0.3 is 6.09 Å². The van der Waals surface area contributed by atoms with Gasteiger partial charge in [0, 0.05) is 24.7 Å². The van der Waals surface area contributed by atoms with E-state index in [2.05, 4.69) is 10.6 Å². The zero-order valence-corrected chi connectivity index (χ0v) is 19.1. The summed E-state index contributed by atoms with van der Waals surface area (Å²) in [5.74, 6) is 1.16. The zero-order chi connectivity index (χ0) is 22.3. The summed E-state index contributed by atoms with van der Waals surface area (Å²) in [6, 6.07) is 7.86. The van der Waals surface area contributed by atoms with Gasteiger partial charge in [-0.05, 0) is 71.5 Å². The van der Waals surface area contributed by atoms with Gasteiger partial charge in [-0.15, -0.1) is 0 Å². The van der Waals surface area contributed by atoms with Crippen molar-refractivity contribution in [2.75, 3.05) is 32.8 Å². The lowest BCUT2D eigenvalue weighted by Crippen LogP contribution is -2.48. The third-order valence-electron chi connectivity index (χ3n) is 5.82. The standard InChI is InChI=1S/C24H37N3O4/c1-24(2,3)31-23(29)27-14-10-18(11-15-27)20-9-13-25-12-6-16-30-21-8-5-4-7-19(21)17-22(28)26-20/h4-5,7-8,18,20,25H,6,9-17H2,1-3H3,(H,26,28). The van der Waals surface area contributed by atoms with Gasteiger partial charge in [0.25, 0.3) is 0 Å². The van der Waals surface area contributed by atoms with E-state index in [0.717, 1.165) is 50.1 Å². The molecule has 3 rings (SSSR count). The molecule has 0 spiro atoms. The van der Waals surface area contributed by atoms with E-state index in [4.69, 9.17) is 9.47 Å². The van der Waals surface area contributed by atoms with Crippen LogP contribution in [0.2, 0.25) is 0 Å². The van der Waals surface area contributed by atoms with E-state index in [-0.39, 0.29) is 18.0 Å². The van der Waals surface area contributed by atoms with E-state index in [1.54, 1.807) is 4.90 Å². The molecule has 1 fully saturated rings. The number of carbonyl (C=O) groups is 2. The number of rotatable bonds is 1. The lowest BCUT2D eigenvalue weighted by Gasteiger charge is -2.37. The summed E-state index contributed by atoms with van der Waals surface area (Å²) in [5.41, 5.74) is 0.436. The van der Waals surface area contributed by atoms with Crippen molar-refractivity contribution < 1.29 is 19.1 Å². The van der Waals surface area contributed by atoms with E-state index in [1.165, 1.54) is 0 Å². The Labute approximate surface area is 185 Å². The molecular formula is C24H37N3O4. The van der Waals surface area contributed by atoms with Crippen molar-refractivity contribution in [3.05, 3.63) is 29.8 Å². The van der Waals surface area contributed by atoms with Gasteiger partial charge in [-0.25, -0.2) is 4.79 Å². The predicted molar refractivity (Wildman–Crippen MR) is 120 cm³/mol. The number of likely N-dealkylation sites (tertiary alicyclic amines) is 1. The third-order valence-corrected chi connectivity index (χ3v) is 5.82. The van der Waals surface area contributed by atoms with Gasteiger partial charge in [0.15, 0.2) is 0 Å². The zero-order valence-electron chi connectivity index (χ0n) is 19.1. The van der Waals surface area contributed by atoms with Gasteiger partial charge in [-0.3, -0.25) is 4.79 Å². The monoisotopic (exact) mass is 431 g/mol. The molecule has 31 heavy (non-hydrogen) atoms. The maximum absolute atomic E-state index is 12.9. The van der Waals surface area contributed by atoms with Gasteiger partial charge in [0.2, 0.25) is 5.91 Å². The first-order valence-corrected chi connectivity index (χ1v) is 11.5. The van der Waals surface area contributed by atoms with Gasteiger partial charge < -0.3 is 25.0 Å². The Morgan fingerprint density at radius 2 is 1.87 bits per heavy atom. The first kappa shape index (κ1) is 23.4. The Kier molecular flexibility index (Phi) is 8.18. The Hall–Kier alpha value is -2.28. The number of piperidine rings is 1. The fraction of sp³-hybridized carbons (Fsp3) is 0.667. The lowest BCUT2D eigenvalue weighted by atomic mass is 9.87. The van der Waals surface area contributed by atoms with E-state index in [0.29, 0.717) is 32.0 Å². The van der Waals surface area contributed by atoms with Crippen LogP contribution < -0.4 is 15.4 Å². The van der Waals surface area contributed by atoms with Crippen LogP contribution in [0.25, 0.3) is 0 Å². The second-order valence-corrected chi connectivity index (χ2v) is 9.50. The molecule has 2 amide bonds. The number of para-hydroxylation sites is 1. The number of carbonyl (C=O) groups excluding carboxylic acids is 2. The minimum atomic E-state index is -0.486. The number of fused-ring (bicyclic) bond motifs is 1. The Balaban J connectivity index is 1.61. The molecule has 1 unspecified atom stereocenters. The minimum Gasteiger partial charge on any atom is -0.493 e. The number of amides is 2. The molecule has 172 valence electrons. The molecular weight excluding hydrogens is 394 g/mol. The van der Waals surface area contributed by atoms with Crippen molar-refractivity contribution in [3.8, 4) is 5.75 Å². The average molecular weight is 432 g/mol. The molecule has 2 N–H and O–H groups in total. The number of ether oxygens (including phenoxy) is 2. The summed E-state index contributed by atoms with van der Waals surface area (Å²) < 4.78 is 11.4. The van der Waals surface area contributed by atoms with Crippen molar-refractivity contribution in [2.45, 2.75) is 64.5 Å². The van der Waals surface area contributed by atoms with Crippen LogP contribution in [-0.2, 0) is 16.0 Å². The van der Waals surface area contributed by atoms with E-state index in [1.807, 2.05) is 45.0 Å². The molecule has 0 saturated carbocycles. The highest BCUT2D eigenvalue weighted by molar-refractivity contribution is 5.79. The topological polar surface area (TPSA) is 79.9 Å². The molecule has 2 heterocycles. The normalized spacial score (nSPS) is 22.1. The number of benzene rings is 1. The maximum atomic E-state index is 12.9. The SMILES string of the molecule is CC(C)(C)OC(=O)N1CCC(C2CCNCCCOc3ccccc3CC(=O)N2)CC1. The Morgan fingerprint density at radius 1 is 1.13 bits per heavy atom. The third kappa shape index (κ3) is 7.42. The molecule has 2 aliphatic rings. The number of nitrogens with zero attached hydrogens (tertiary/aromatic N) is 1. The Bertz CT molecular complexity index is 739. The highest BCUT2D eigenvalue weighted by Crippen LogP contribution is 2.25. The number of hydrogen-bond donors (Lipinski definition) is 2. The molecule has 7 heteroatoms. The minimum absolute atomic E-state index is 0.0230. The molecule has 1 aromatic carbocycles. The van der Waals surface area contributed by atoms with Crippen LogP contribution in [0.4, 0.5) is 4.79 Å². The lowest BCUT2D eigenvalue weighted by molar-refractivity contribution is -0.121. The average Bonchev–Trinajstić information content (AvgIpc) is 2.73. The van der Waals surface area contributed by atoms with Gasteiger partial charge in [-0.2, -0.15) is 0 Å². The van der Waals surface area contributed by atoms with E-state index >= 15 is 0 Å². The van der Waals surface area contributed by atoms with Gasteiger partial charge in [0.05, 0.1) is 13.0 Å². The summed E-state index contributed by atoms with van der Waals surface area (Å²) in [7, 11) is 0. The molecule has 1 aromatic rings. The molecule has 0 bridgehead atoms. The van der Waals surface area contributed by atoms with Gasteiger partial charge in [0.1, 0.15) is 11.4 Å². The van der Waals surface area contributed by atoms with Crippen LogP contribution in [0.3, 0.4) is 0 Å². The molecule has 1 atom stereocenters. The smallest absolute Gasteiger partial charge is 0.410 e. The quantitative estimate of drug-likeness (QED) is 0.714. The van der Waals surface area contributed by atoms with Gasteiger partial charge in [-0.1, -0.05) is 18.2 Å². The largest absolute Gasteiger partial charge is 0.493 e. The van der Waals surface area contributed by atoms with Crippen molar-refractivity contribution in [1.82, 2.24) is 15.5 Å². The first-order chi connectivity index (χ1) is 14.8. The van der Waals surface area contributed by atoms with Crippen molar-refractivity contribution in [2.24, 2.45) is 5.92 Å². The van der Waals surface area contributed by atoms with Crippen LogP contribution in [0.15, 0.2) is 24.3 Å². The number of hydrogen-bond acceptors (Lipinski definition) is 5. The molecule has 7 nitrogen and oxygen atoms in total. The number of nitrogens with one attached hydrogen (secondary N) is 2. The highest BCUT2D eigenvalue weighted by atomic mass is 16.6. The summed E-state index contributed by atoms with van der Waals surface area (Å²) in [4.78, 5) is 27.0. The fourth-order valence-corrected chi connectivity index (χ4v) is 4.22. The first-order valence-electron chi connectivity index (χ1n) is 11.5. The fourth-order valence-electron chi connectivity index (χ4n) is 4.22. The van der Waals surface area contributed by atoms with Crippen molar-refractivity contribution in [1.29, 1.82) is 0 Å².